The van der Waals surface area contributed by atoms with E-state index in [1.54, 1.807) is 12.1 Å². The van der Waals surface area contributed by atoms with Crippen molar-refractivity contribution < 1.29 is 18.5 Å². The van der Waals surface area contributed by atoms with Gasteiger partial charge in [0.25, 0.3) is 0 Å². The lowest BCUT2D eigenvalue weighted by atomic mass is 9.92. The Balaban J connectivity index is 2.20. The van der Waals surface area contributed by atoms with Crippen LogP contribution in [0.25, 0.3) is 0 Å². The summed E-state index contributed by atoms with van der Waals surface area (Å²) in [4.78, 5) is 5.94. The number of alkyl halides is 1. The highest BCUT2D eigenvalue weighted by Crippen LogP contribution is 2.41. The van der Waals surface area contributed by atoms with E-state index in [0.717, 1.165) is 11.1 Å². The molecule has 1 aliphatic heterocycles. The second-order valence-electron chi connectivity index (χ2n) is 7.09. The third-order valence-corrected chi connectivity index (χ3v) is 8.15. The van der Waals surface area contributed by atoms with Crippen LogP contribution >= 0.6 is 23.2 Å². The summed E-state index contributed by atoms with van der Waals surface area (Å²) in [6.45, 7) is 6.38. The predicted molar refractivity (Wildman–Crippen MR) is 115 cm³/mol. The lowest BCUT2D eigenvalue weighted by molar-refractivity contribution is -0.211. The number of oxime groups is 1. The minimum absolute atomic E-state index is 0.308. The molecule has 3 rings (SSSR count). The average molecular weight is 458 g/mol. The summed E-state index contributed by atoms with van der Waals surface area (Å²) in [7, 11) is 1.31. The fraction of sp³-hybridized carbons (Fsp3) is 0.381. The maximum atomic E-state index is 14.1. The van der Waals surface area contributed by atoms with E-state index in [1.165, 1.54) is 7.11 Å². The monoisotopic (exact) mass is 457 g/mol. The molecule has 8 heteroatoms. The van der Waals surface area contributed by atoms with Crippen molar-refractivity contribution in [1.29, 1.82) is 0 Å². The van der Waals surface area contributed by atoms with E-state index in [1.807, 2.05) is 39.8 Å². The third-order valence-electron chi connectivity index (χ3n) is 5.27. The van der Waals surface area contributed by atoms with Crippen LogP contribution in [0.2, 0.25) is 10.0 Å². The van der Waals surface area contributed by atoms with Gasteiger partial charge >= 0.3 is 5.79 Å². The van der Waals surface area contributed by atoms with Gasteiger partial charge in [0.05, 0.1) is 0 Å². The molecule has 0 aromatic heterocycles. The summed E-state index contributed by atoms with van der Waals surface area (Å²) in [5, 5.41) is 4.07. The lowest BCUT2D eigenvalue weighted by Crippen LogP contribution is -2.52. The van der Waals surface area contributed by atoms with Crippen molar-refractivity contribution >= 4 is 40.1 Å². The van der Waals surface area contributed by atoms with Crippen LogP contribution in [0.3, 0.4) is 0 Å². The first-order valence-electron chi connectivity index (χ1n) is 8.98. The molecule has 2 aromatic carbocycles. The summed E-state index contributed by atoms with van der Waals surface area (Å²) in [6, 6.07) is 7.18. The van der Waals surface area contributed by atoms with Crippen LogP contribution in [0.1, 0.15) is 27.8 Å². The Hall–Kier alpha value is -1.31. The van der Waals surface area contributed by atoms with Gasteiger partial charge in [-0.15, -0.1) is 0 Å². The number of hydrogen-bond donors (Lipinski definition) is 0. The van der Waals surface area contributed by atoms with Gasteiger partial charge in [0, 0.05) is 33.9 Å². The van der Waals surface area contributed by atoms with E-state index in [-0.39, 0.29) is 0 Å². The molecule has 0 fully saturated rings. The number of nitrogens with zero attached hydrogens (tertiary/aromatic N) is 1. The molecule has 0 unspecified atom stereocenters. The summed E-state index contributed by atoms with van der Waals surface area (Å²) in [6.07, 6.45) is 0. The molecule has 0 bridgehead atoms. The molecule has 1 heterocycles. The zero-order valence-electron chi connectivity index (χ0n) is 16.8. The van der Waals surface area contributed by atoms with Crippen molar-refractivity contribution in [3.63, 3.8) is 0 Å². The molecule has 0 N–H and O–H groups in total. The standard InChI is InChI=1S/C21H22Cl2FNO3S/c1-11-6-8-15(9-7-11)29(26)20-19(25-28-21(20,10-24)27-5)16-12(2)17(22)14(4)18(23)13(16)3/h6-9,20H,10H2,1-5H3/t20-,21+,29-/m0/s1. The van der Waals surface area contributed by atoms with E-state index in [9.17, 15) is 8.94 Å². The van der Waals surface area contributed by atoms with E-state index < -0.39 is 28.9 Å². The number of methoxy groups -OCH3 is 1. The second-order valence-corrected chi connectivity index (χ2v) is 9.38. The molecular weight excluding hydrogens is 436 g/mol. The first kappa shape index (κ1) is 22.4. The normalized spacial score (nSPS) is 22.4. The quantitative estimate of drug-likeness (QED) is 0.560. The summed E-state index contributed by atoms with van der Waals surface area (Å²) in [5.41, 5.74) is 4.10. The van der Waals surface area contributed by atoms with Gasteiger partial charge in [-0.3, -0.25) is 0 Å². The van der Waals surface area contributed by atoms with Gasteiger partial charge in [0.1, 0.15) is 5.71 Å². The van der Waals surface area contributed by atoms with E-state index >= 15 is 0 Å². The van der Waals surface area contributed by atoms with Crippen LogP contribution in [-0.4, -0.2) is 35.1 Å². The predicted octanol–water partition coefficient (Wildman–Crippen LogP) is 5.45. The van der Waals surface area contributed by atoms with Crippen LogP contribution in [0.5, 0.6) is 0 Å². The van der Waals surface area contributed by atoms with Crippen LogP contribution in [0.4, 0.5) is 4.39 Å². The molecule has 0 amide bonds. The largest absolute Gasteiger partial charge is 0.611 e. The highest BCUT2D eigenvalue weighted by molar-refractivity contribution is 7.93. The smallest absolute Gasteiger partial charge is 0.319 e. The molecule has 0 spiro atoms. The van der Waals surface area contributed by atoms with Gasteiger partial charge in [-0.2, -0.15) is 0 Å². The van der Waals surface area contributed by atoms with E-state index in [4.69, 9.17) is 32.8 Å². The fourth-order valence-electron chi connectivity index (χ4n) is 3.52. The molecular formula is C21H22Cl2FNO3S. The summed E-state index contributed by atoms with van der Waals surface area (Å²) in [5.74, 6) is -1.80. The molecule has 0 saturated carbocycles. The van der Waals surface area contributed by atoms with Crippen LogP contribution in [0, 0.1) is 27.7 Å². The molecule has 2 aromatic rings. The zero-order chi connectivity index (χ0) is 21.5. The van der Waals surface area contributed by atoms with Crippen molar-refractivity contribution in [2.75, 3.05) is 13.8 Å². The topological polar surface area (TPSA) is 53.9 Å². The van der Waals surface area contributed by atoms with Gasteiger partial charge in [0.2, 0.25) is 5.25 Å². The van der Waals surface area contributed by atoms with Gasteiger partial charge in [-0.25, -0.2) is 4.39 Å². The molecule has 156 valence electrons. The molecule has 29 heavy (non-hydrogen) atoms. The number of ether oxygens (including phenoxy) is 1. The maximum absolute atomic E-state index is 14.1. The number of rotatable bonds is 5. The van der Waals surface area contributed by atoms with Gasteiger partial charge in [-0.05, 0) is 56.5 Å². The minimum atomic E-state index is -1.80. The number of benzene rings is 2. The molecule has 3 atom stereocenters. The zero-order valence-corrected chi connectivity index (χ0v) is 19.1. The van der Waals surface area contributed by atoms with Crippen molar-refractivity contribution in [1.82, 2.24) is 0 Å². The van der Waals surface area contributed by atoms with Gasteiger partial charge in [-0.1, -0.05) is 46.1 Å². The number of hydrogen-bond acceptors (Lipinski definition) is 4. The minimum Gasteiger partial charge on any atom is -0.611 e. The SMILES string of the molecule is CO[C@]1(CF)ON=C(c2c(C)c(Cl)c(C)c(Cl)c2C)[C@@H]1[S@@+]([O-])c1ccc(C)cc1. The van der Waals surface area contributed by atoms with Crippen molar-refractivity contribution in [2.45, 2.75) is 43.6 Å². The molecule has 1 aliphatic rings. The Morgan fingerprint density at radius 1 is 1.10 bits per heavy atom. The van der Waals surface area contributed by atoms with Crippen molar-refractivity contribution in [2.24, 2.45) is 5.16 Å². The van der Waals surface area contributed by atoms with Crippen LogP contribution < -0.4 is 0 Å². The summed E-state index contributed by atoms with van der Waals surface area (Å²) < 4.78 is 33.1. The van der Waals surface area contributed by atoms with Crippen LogP contribution in [-0.2, 0) is 20.8 Å². The first-order valence-corrected chi connectivity index (χ1v) is 10.9. The summed E-state index contributed by atoms with van der Waals surface area (Å²) >= 11 is 11.2. The van der Waals surface area contributed by atoms with Gasteiger partial charge in [0.15, 0.2) is 11.6 Å². The third kappa shape index (κ3) is 3.66. The molecule has 4 nitrogen and oxygen atoms in total. The highest BCUT2D eigenvalue weighted by atomic mass is 35.5. The Morgan fingerprint density at radius 2 is 1.66 bits per heavy atom. The van der Waals surface area contributed by atoms with Gasteiger partial charge < -0.3 is 14.1 Å². The lowest BCUT2D eigenvalue weighted by Gasteiger charge is -2.30. The van der Waals surface area contributed by atoms with Crippen LogP contribution in [0.15, 0.2) is 34.3 Å². The fourth-order valence-corrected chi connectivity index (χ4v) is 5.51. The van der Waals surface area contributed by atoms with Crippen molar-refractivity contribution in [3.05, 3.63) is 62.1 Å². The highest BCUT2D eigenvalue weighted by Gasteiger charge is 2.59. The Bertz CT molecular complexity index is 932. The number of halogens is 3. The Morgan fingerprint density at radius 3 is 2.14 bits per heavy atom. The Kier molecular flexibility index (Phi) is 6.51. The molecule has 0 saturated heterocycles. The number of aryl methyl sites for hydroxylation is 1. The average Bonchev–Trinajstić information content (AvgIpc) is 3.10. The maximum Gasteiger partial charge on any atom is 0.319 e. The Labute approximate surface area is 183 Å². The van der Waals surface area contributed by atoms with E-state index in [2.05, 4.69) is 5.16 Å². The molecule has 0 radical (unpaired) electrons. The van der Waals surface area contributed by atoms with Crippen molar-refractivity contribution in [3.8, 4) is 0 Å². The van der Waals surface area contributed by atoms with E-state index in [0.29, 0.717) is 37.3 Å². The first-order chi connectivity index (χ1) is 13.7. The second kappa shape index (κ2) is 8.44. The molecule has 0 aliphatic carbocycles.